The summed E-state index contributed by atoms with van der Waals surface area (Å²) in [5.74, 6) is 2.67. The summed E-state index contributed by atoms with van der Waals surface area (Å²) >= 11 is 0. The van der Waals surface area contributed by atoms with Gasteiger partial charge in [0.2, 0.25) is 0 Å². The molecule has 0 aliphatic carbocycles. The molecule has 0 amide bonds. The van der Waals surface area contributed by atoms with Crippen molar-refractivity contribution in [2.45, 2.75) is 40.2 Å². The van der Waals surface area contributed by atoms with Crippen LogP contribution in [0.2, 0.25) is 0 Å². The van der Waals surface area contributed by atoms with Gasteiger partial charge in [0.25, 0.3) is 0 Å². The van der Waals surface area contributed by atoms with E-state index in [0.717, 1.165) is 46.8 Å². The number of ether oxygens (including phenoxy) is 4. The van der Waals surface area contributed by atoms with Crippen LogP contribution in [0.5, 0.6) is 17.2 Å². The zero-order chi connectivity index (χ0) is 23.0. The third-order valence-electron chi connectivity index (χ3n) is 4.63. The maximum absolute atomic E-state index is 6.02. The smallest absolute Gasteiger partial charge is 0.125 e. The van der Waals surface area contributed by atoms with Gasteiger partial charge in [-0.25, -0.2) is 0 Å². The van der Waals surface area contributed by atoms with Crippen molar-refractivity contribution in [3.05, 3.63) is 65.2 Å². The van der Waals surface area contributed by atoms with Crippen molar-refractivity contribution in [1.29, 1.82) is 0 Å². The molecule has 0 fully saturated rings. The summed E-state index contributed by atoms with van der Waals surface area (Å²) < 4.78 is 23.0. The van der Waals surface area contributed by atoms with Crippen LogP contribution in [0.4, 0.5) is 0 Å². The molecule has 2 rings (SSSR count). The topological polar surface area (TPSA) is 58.5 Å². The molecule has 0 aliphatic rings. The molecule has 0 radical (unpaired) electrons. The van der Waals surface area contributed by atoms with Crippen molar-refractivity contribution in [2.24, 2.45) is 5.16 Å². The first-order valence-electron chi connectivity index (χ1n) is 11.0. The molecule has 6 heteroatoms. The first-order chi connectivity index (χ1) is 15.6. The highest BCUT2D eigenvalue weighted by Gasteiger charge is 2.07. The van der Waals surface area contributed by atoms with E-state index < -0.39 is 0 Å². The van der Waals surface area contributed by atoms with Crippen LogP contribution in [0, 0.1) is 13.8 Å². The van der Waals surface area contributed by atoms with Crippen LogP contribution in [-0.4, -0.2) is 39.8 Å². The Balaban J connectivity index is 1.64. The molecule has 0 bridgehead atoms. The average Bonchev–Trinajstić information content (AvgIpc) is 2.78. The highest BCUT2D eigenvalue weighted by Crippen LogP contribution is 2.28. The minimum atomic E-state index is 0.418. The number of oxime groups is 1. The maximum Gasteiger partial charge on any atom is 0.125 e. The number of hydrogen-bond acceptors (Lipinski definition) is 6. The van der Waals surface area contributed by atoms with Crippen molar-refractivity contribution in [3.63, 3.8) is 0 Å². The molecule has 0 aliphatic heterocycles. The van der Waals surface area contributed by atoms with Gasteiger partial charge in [-0.15, -0.1) is 0 Å². The third kappa shape index (κ3) is 9.43. The van der Waals surface area contributed by atoms with Crippen LogP contribution in [0.25, 0.3) is 0 Å². The number of allylic oxidation sites excluding steroid dienone is 1. The van der Waals surface area contributed by atoms with E-state index in [2.05, 4.69) is 23.8 Å². The third-order valence-corrected chi connectivity index (χ3v) is 4.63. The summed E-state index contributed by atoms with van der Waals surface area (Å²) in [6, 6.07) is 12.0. The van der Waals surface area contributed by atoms with Gasteiger partial charge in [0.05, 0.1) is 32.6 Å². The lowest BCUT2D eigenvalue weighted by atomic mass is 10.1. The van der Waals surface area contributed by atoms with Gasteiger partial charge in [-0.3, -0.25) is 0 Å². The van der Waals surface area contributed by atoms with Crippen LogP contribution in [0.1, 0.15) is 36.5 Å². The summed E-state index contributed by atoms with van der Waals surface area (Å²) in [4.78, 5) is 4.58. The largest absolute Gasteiger partial charge is 0.494 e. The molecule has 0 N–H and O–H groups in total. The van der Waals surface area contributed by atoms with Crippen molar-refractivity contribution >= 4 is 6.21 Å². The van der Waals surface area contributed by atoms with Gasteiger partial charge in [0.15, 0.2) is 0 Å². The van der Waals surface area contributed by atoms with E-state index >= 15 is 0 Å². The quantitative estimate of drug-likeness (QED) is 0.155. The fourth-order valence-corrected chi connectivity index (χ4v) is 3.05. The Hall–Kier alpha value is -2.99. The second-order valence-corrected chi connectivity index (χ2v) is 7.30. The van der Waals surface area contributed by atoms with Crippen LogP contribution in [0.3, 0.4) is 0 Å². The summed E-state index contributed by atoms with van der Waals surface area (Å²) in [6.07, 6.45) is 7.40. The van der Waals surface area contributed by atoms with E-state index in [9.17, 15) is 0 Å². The Bertz CT molecular complexity index is 823. The number of unbranched alkanes of at least 4 members (excludes halogenated alkanes) is 1. The summed E-state index contributed by atoms with van der Waals surface area (Å²) in [7, 11) is 1.51. The molecular formula is C26H35NO5. The zero-order valence-corrected chi connectivity index (χ0v) is 19.6. The molecule has 2 aromatic carbocycles. The highest BCUT2D eigenvalue weighted by molar-refractivity contribution is 5.57. The SMILES string of the molecule is C/C=C/COc1cc(C)c(OCCCCOc2ccc(COCC=NOC)cc2)c(C)c1. The lowest BCUT2D eigenvalue weighted by molar-refractivity contribution is 0.154. The van der Waals surface area contributed by atoms with Gasteiger partial charge >= 0.3 is 0 Å². The number of aryl methyl sites for hydroxylation is 2. The molecule has 0 heterocycles. The number of rotatable bonds is 15. The predicted molar refractivity (Wildman–Crippen MR) is 128 cm³/mol. The van der Waals surface area contributed by atoms with E-state index in [1.165, 1.54) is 7.11 Å². The minimum Gasteiger partial charge on any atom is -0.494 e. The van der Waals surface area contributed by atoms with E-state index in [1.807, 2.05) is 55.5 Å². The second-order valence-electron chi connectivity index (χ2n) is 7.30. The first-order valence-corrected chi connectivity index (χ1v) is 11.0. The van der Waals surface area contributed by atoms with Crippen LogP contribution in [0.15, 0.2) is 53.7 Å². The van der Waals surface area contributed by atoms with Crippen LogP contribution >= 0.6 is 0 Å². The molecule has 174 valence electrons. The van der Waals surface area contributed by atoms with Gasteiger partial charge in [-0.1, -0.05) is 29.4 Å². The van der Waals surface area contributed by atoms with Crippen LogP contribution in [-0.2, 0) is 16.2 Å². The van der Waals surface area contributed by atoms with Crippen molar-refractivity contribution in [1.82, 2.24) is 0 Å². The van der Waals surface area contributed by atoms with Gasteiger partial charge in [0.1, 0.15) is 31.0 Å². The molecular weight excluding hydrogens is 406 g/mol. The summed E-state index contributed by atoms with van der Waals surface area (Å²) in [5.41, 5.74) is 3.26. The van der Waals surface area contributed by atoms with Crippen molar-refractivity contribution in [2.75, 3.05) is 33.5 Å². The standard InChI is InChI=1S/C26H35NO5/c1-5-6-14-31-25-18-21(2)26(22(3)19-25)32-16-8-7-15-30-24-11-9-23(10-12-24)20-29-17-13-27-28-4/h5-6,9-13,18-19H,7-8,14-17,20H2,1-4H3/b6-5+,27-13?. The number of benzene rings is 2. The first kappa shape index (κ1) is 25.3. The molecule has 0 saturated heterocycles. The van der Waals surface area contributed by atoms with Gasteiger partial charge < -0.3 is 23.8 Å². The minimum absolute atomic E-state index is 0.418. The zero-order valence-electron chi connectivity index (χ0n) is 19.6. The maximum atomic E-state index is 6.02. The summed E-state index contributed by atoms with van der Waals surface area (Å²) in [5, 5.41) is 3.63. The molecule has 0 spiro atoms. The molecule has 0 atom stereocenters. The lowest BCUT2D eigenvalue weighted by Gasteiger charge is -2.14. The molecule has 0 unspecified atom stereocenters. The van der Waals surface area contributed by atoms with E-state index in [4.69, 9.17) is 18.9 Å². The Morgan fingerprint density at radius 2 is 1.53 bits per heavy atom. The molecule has 32 heavy (non-hydrogen) atoms. The number of nitrogens with zero attached hydrogens (tertiary/aromatic N) is 1. The molecule has 0 aromatic heterocycles. The highest BCUT2D eigenvalue weighted by atomic mass is 16.6. The van der Waals surface area contributed by atoms with Gasteiger partial charge in [-0.05, 0) is 74.6 Å². The monoisotopic (exact) mass is 441 g/mol. The average molecular weight is 442 g/mol. The predicted octanol–water partition coefficient (Wildman–Crippen LogP) is 5.65. The fourth-order valence-electron chi connectivity index (χ4n) is 3.05. The Labute approximate surface area is 191 Å². The number of hydrogen-bond donors (Lipinski definition) is 0. The van der Waals surface area contributed by atoms with E-state index in [0.29, 0.717) is 33.0 Å². The van der Waals surface area contributed by atoms with E-state index in [-0.39, 0.29) is 0 Å². The molecule has 2 aromatic rings. The Morgan fingerprint density at radius 1 is 0.844 bits per heavy atom. The Kier molecular flexibility index (Phi) is 11.8. The van der Waals surface area contributed by atoms with Crippen molar-refractivity contribution in [3.8, 4) is 17.2 Å². The summed E-state index contributed by atoms with van der Waals surface area (Å²) in [6.45, 7) is 8.92. The van der Waals surface area contributed by atoms with E-state index in [1.54, 1.807) is 6.21 Å². The lowest BCUT2D eigenvalue weighted by Crippen LogP contribution is -2.05. The van der Waals surface area contributed by atoms with Crippen molar-refractivity contribution < 1.29 is 23.8 Å². The second kappa shape index (κ2) is 14.9. The van der Waals surface area contributed by atoms with Gasteiger partial charge in [-0.2, -0.15) is 0 Å². The molecule has 6 nitrogen and oxygen atoms in total. The molecule has 0 saturated carbocycles. The van der Waals surface area contributed by atoms with Crippen LogP contribution < -0.4 is 14.2 Å². The fraction of sp³-hybridized carbons (Fsp3) is 0.423. The Morgan fingerprint density at radius 3 is 2.19 bits per heavy atom. The van der Waals surface area contributed by atoms with Gasteiger partial charge in [0, 0.05) is 0 Å². The normalized spacial score (nSPS) is 11.2.